The minimum Gasteiger partial charge on any atom is -0.291 e. The van der Waals surface area contributed by atoms with Crippen molar-refractivity contribution in [3.63, 3.8) is 0 Å². The van der Waals surface area contributed by atoms with Crippen LogP contribution in [0.1, 0.15) is 15.9 Å². The fraction of sp³-hybridized carbons (Fsp3) is 0.222. The van der Waals surface area contributed by atoms with E-state index < -0.39 is 12.5 Å². The lowest BCUT2D eigenvalue weighted by molar-refractivity contribution is 0.0958. The predicted molar refractivity (Wildman–Crippen MR) is 46.5 cm³/mol. The zero-order valence-electron chi connectivity index (χ0n) is 6.60. The van der Waals surface area contributed by atoms with Crippen molar-refractivity contribution in [1.82, 2.24) is 0 Å². The van der Waals surface area contributed by atoms with Gasteiger partial charge in [0.15, 0.2) is 12.5 Å². The van der Waals surface area contributed by atoms with E-state index in [1.54, 1.807) is 19.1 Å². The number of hydrogen-bond donors (Lipinski definition) is 0. The highest BCUT2D eigenvalue weighted by Crippen LogP contribution is 2.16. The molecule has 0 fully saturated rings. The molecular weight excluding hydrogens is 179 g/mol. The molecule has 0 atom stereocenters. The lowest BCUT2D eigenvalue weighted by Crippen LogP contribution is -2.00. The summed E-state index contributed by atoms with van der Waals surface area (Å²) in [5.41, 5.74) is 1.16. The summed E-state index contributed by atoms with van der Waals surface area (Å²) in [6.45, 7) is 0.818. The third-order valence-electron chi connectivity index (χ3n) is 1.60. The summed E-state index contributed by atoms with van der Waals surface area (Å²) in [6, 6.07) is 4.71. The molecule has 0 saturated heterocycles. The van der Waals surface area contributed by atoms with Gasteiger partial charge in [0.25, 0.3) is 0 Å². The van der Waals surface area contributed by atoms with E-state index in [9.17, 15) is 9.18 Å². The van der Waals surface area contributed by atoms with Crippen LogP contribution >= 0.6 is 11.6 Å². The molecule has 1 nitrogen and oxygen atoms in total. The third kappa shape index (κ3) is 1.83. The van der Waals surface area contributed by atoms with Gasteiger partial charge in [-0.3, -0.25) is 4.79 Å². The molecule has 1 aromatic carbocycles. The van der Waals surface area contributed by atoms with Crippen LogP contribution in [0.5, 0.6) is 0 Å². The Balaban J connectivity index is 3.05. The Bertz CT molecular complexity index is 309. The number of hydrogen-bond acceptors (Lipinski definition) is 1. The van der Waals surface area contributed by atoms with Gasteiger partial charge in [-0.25, -0.2) is 4.39 Å². The van der Waals surface area contributed by atoms with Crippen LogP contribution in [0.4, 0.5) is 4.39 Å². The zero-order chi connectivity index (χ0) is 9.14. The molecule has 0 N–H and O–H groups in total. The molecule has 0 aliphatic rings. The molecule has 0 amide bonds. The molecule has 0 bridgehead atoms. The Morgan fingerprint density at radius 1 is 1.58 bits per heavy atom. The molecule has 0 saturated carbocycles. The van der Waals surface area contributed by atoms with Gasteiger partial charge in [0.1, 0.15) is 0 Å². The lowest BCUT2D eigenvalue weighted by Gasteiger charge is -1.99. The Kier molecular flexibility index (Phi) is 2.82. The summed E-state index contributed by atoms with van der Waals surface area (Å²) in [5.74, 6) is -0.505. The van der Waals surface area contributed by atoms with Gasteiger partial charge < -0.3 is 0 Å². The predicted octanol–water partition coefficient (Wildman–Crippen LogP) is 2.80. The van der Waals surface area contributed by atoms with E-state index in [1.807, 2.05) is 0 Å². The SMILES string of the molecule is Cc1cc(C(=O)CF)ccc1Cl. The zero-order valence-corrected chi connectivity index (χ0v) is 7.36. The summed E-state index contributed by atoms with van der Waals surface area (Å²) in [4.78, 5) is 10.9. The van der Waals surface area contributed by atoms with E-state index in [4.69, 9.17) is 11.6 Å². The molecule has 12 heavy (non-hydrogen) atoms. The van der Waals surface area contributed by atoms with Crippen molar-refractivity contribution in [2.75, 3.05) is 6.67 Å². The largest absolute Gasteiger partial charge is 0.291 e. The highest BCUT2D eigenvalue weighted by molar-refractivity contribution is 6.31. The molecule has 0 aliphatic heterocycles. The van der Waals surface area contributed by atoms with Crippen molar-refractivity contribution < 1.29 is 9.18 Å². The Morgan fingerprint density at radius 2 is 2.25 bits per heavy atom. The summed E-state index contributed by atoms with van der Waals surface area (Å²) >= 11 is 5.72. The molecule has 0 unspecified atom stereocenters. The number of aryl methyl sites for hydroxylation is 1. The molecule has 64 valence electrons. The molecule has 3 heteroatoms. The molecule has 0 heterocycles. The maximum absolute atomic E-state index is 11.9. The Hall–Kier alpha value is -0.890. The number of carbonyl (C=O) groups is 1. The highest BCUT2D eigenvalue weighted by atomic mass is 35.5. The number of alkyl halides is 1. The van der Waals surface area contributed by atoms with Crippen LogP contribution < -0.4 is 0 Å². The summed E-state index contributed by atoms with van der Waals surface area (Å²) in [6.07, 6.45) is 0. The first-order valence-electron chi connectivity index (χ1n) is 3.50. The van der Waals surface area contributed by atoms with Crippen LogP contribution in [0.15, 0.2) is 18.2 Å². The van der Waals surface area contributed by atoms with Gasteiger partial charge in [0.2, 0.25) is 0 Å². The maximum atomic E-state index is 11.9. The van der Waals surface area contributed by atoms with Gasteiger partial charge >= 0.3 is 0 Å². The Morgan fingerprint density at radius 3 is 2.75 bits per heavy atom. The van der Waals surface area contributed by atoms with Crippen molar-refractivity contribution in [2.45, 2.75) is 6.92 Å². The Labute approximate surface area is 75.2 Å². The molecular formula is C9H8ClFO. The number of halogens is 2. The number of benzene rings is 1. The van der Waals surface area contributed by atoms with E-state index in [0.29, 0.717) is 10.6 Å². The van der Waals surface area contributed by atoms with Gasteiger partial charge in [-0.15, -0.1) is 0 Å². The minimum atomic E-state index is -0.957. The smallest absolute Gasteiger partial charge is 0.193 e. The van der Waals surface area contributed by atoms with Crippen LogP contribution in [0.2, 0.25) is 5.02 Å². The van der Waals surface area contributed by atoms with Crippen molar-refractivity contribution in [3.05, 3.63) is 34.3 Å². The molecule has 0 spiro atoms. The standard InChI is InChI=1S/C9H8ClFO/c1-6-4-7(9(12)5-11)2-3-8(6)10/h2-4H,5H2,1H3. The average molecular weight is 187 g/mol. The number of ketones is 1. The van der Waals surface area contributed by atoms with Gasteiger partial charge in [0.05, 0.1) is 0 Å². The first-order valence-corrected chi connectivity index (χ1v) is 3.88. The number of Topliss-reactive ketones (excluding diaryl/α,β-unsaturated/α-hetero) is 1. The maximum Gasteiger partial charge on any atom is 0.193 e. The van der Waals surface area contributed by atoms with Crippen LogP contribution in [0.3, 0.4) is 0 Å². The molecule has 1 aromatic rings. The first-order chi connectivity index (χ1) is 5.65. The molecule has 0 aromatic heterocycles. The van der Waals surface area contributed by atoms with E-state index in [-0.39, 0.29) is 0 Å². The number of carbonyl (C=O) groups excluding carboxylic acids is 1. The molecule has 0 radical (unpaired) electrons. The van der Waals surface area contributed by atoms with Gasteiger partial charge in [-0.2, -0.15) is 0 Å². The normalized spacial score (nSPS) is 9.92. The van der Waals surface area contributed by atoms with E-state index in [1.165, 1.54) is 6.07 Å². The average Bonchev–Trinajstić information content (AvgIpc) is 2.08. The topological polar surface area (TPSA) is 17.1 Å². The van der Waals surface area contributed by atoms with Crippen molar-refractivity contribution in [3.8, 4) is 0 Å². The first kappa shape index (κ1) is 9.20. The van der Waals surface area contributed by atoms with Gasteiger partial charge in [-0.1, -0.05) is 11.6 Å². The van der Waals surface area contributed by atoms with Gasteiger partial charge in [-0.05, 0) is 30.7 Å². The van der Waals surface area contributed by atoms with Crippen molar-refractivity contribution in [2.24, 2.45) is 0 Å². The van der Waals surface area contributed by atoms with Crippen molar-refractivity contribution >= 4 is 17.4 Å². The van der Waals surface area contributed by atoms with E-state index in [0.717, 1.165) is 5.56 Å². The molecule has 1 rings (SSSR count). The van der Waals surface area contributed by atoms with Crippen LogP contribution in [0.25, 0.3) is 0 Å². The second kappa shape index (κ2) is 3.68. The quantitative estimate of drug-likeness (QED) is 0.650. The second-order valence-corrected chi connectivity index (χ2v) is 2.93. The second-order valence-electron chi connectivity index (χ2n) is 2.52. The minimum absolute atomic E-state index is 0.374. The summed E-state index contributed by atoms with van der Waals surface area (Å²) in [7, 11) is 0. The van der Waals surface area contributed by atoms with E-state index >= 15 is 0 Å². The molecule has 0 aliphatic carbocycles. The summed E-state index contributed by atoms with van der Waals surface area (Å²) < 4.78 is 11.9. The highest BCUT2D eigenvalue weighted by Gasteiger charge is 2.05. The van der Waals surface area contributed by atoms with Crippen molar-refractivity contribution in [1.29, 1.82) is 0 Å². The van der Waals surface area contributed by atoms with Gasteiger partial charge in [0, 0.05) is 10.6 Å². The van der Waals surface area contributed by atoms with E-state index in [2.05, 4.69) is 0 Å². The fourth-order valence-electron chi connectivity index (χ4n) is 0.895. The fourth-order valence-corrected chi connectivity index (χ4v) is 1.01. The number of rotatable bonds is 2. The van der Waals surface area contributed by atoms with Crippen LogP contribution in [0, 0.1) is 6.92 Å². The monoisotopic (exact) mass is 186 g/mol. The third-order valence-corrected chi connectivity index (χ3v) is 2.03. The lowest BCUT2D eigenvalue weighted by atomic mass is 10.1. The van der Waals surface area contributed by atoms with Crippen LogP contribution in [-0.2, 0) is 0 Å². The van der Waals surface area contributed by atoms with Crippen LogP contribution in [-0.4, -0.2) is 12.5 Å². The summed E-state index contributed by atoms with van der Waals surface area (Å²) in [5, 5.41) is 0.588.